The summed E-state index contributed by atoms with van der Waals surface area (Å²) in [5, 5.41) is 14.3. The lowest BCUT2D eigenvalue weighted by molar-refractivity contribution is 0.0949. The minimum atomic E-state index is -0.229. The topological polar surface area (TPSA) is 72.7 Å². The molecular weight excluding hydrogens is 393 g/mol. The third kappa shape index (κ3) is 4.23. The Bertz CT molecular complexity index is 922. The Kier molecular flexibility index (Phi) is 5.90. The first-order valence-electron chi connectivity index (χ1n) is 8.03. The monoisotopic (exact) mass is 409 g/mol. The number of aromatic nitrogens is 4. The van der Waals surface area contributed by atoms with E-state index in [1.165, 1.54) is 11.3 Å². The molecule has 0 spiro atoms. The molecule has 0 fully saturated rings. The summed E-state index contributed by atoms with van der Waals surface area (Å²) < 4.78 is 1.98. The lowest BCUT2D eigenvalue weighted by Crippen LogP contribution is -2.26. The van der Waals surface area contributed by atoms with Gasteiger partial charge in [0.05, 0.1) is 5.02 Å². The van der Waals surface area contributed by atoms with Crippen LogP contribution in [0.3, 0.4) is 0 Å². The maximum Gasteiger partial charge on any atom is 0.270 e. The summed E-state index contributed by atoms with van der Waals surface area (Å²) in [5.74, 6) is 0.611. The van der Waals surface area contributed by atoms with Crippen molar-refractivity contribution in [2.45, 2.75) is 26.3 Å². The SMILES string of the molecule is CC(C)n1cnnc1CCNC(=O)c1csc(-c2ccc(Cl)cc2Cl)n1. The predicted molar refractivity (Wildman–Crippen MR) is 104 cm³/mol. The average molecular weight is 410 g/mol. The molecule has 2 aromatic heterocycles. The molecule has 2 heterocycles. The molecule has 0 atom stereocenters. The smallest absolute Gasteiger partial charge is 0.270 e. The van der Waals surface area contributed by atoms with Gasteiger partial charge in [0.15, 0.2) is 0 Å². The van der Waals surface area contributed by atoms with Gasteiger partial charge in [0.1, 0.15) is 22.9 Å². The van der Waals surface area contributed by atoms with Crippen LogP contribution in [0.2, 0.25) is 10.0 Å². The van der Waals surface area contributed by atoms with Gasteiger partial charge >= 0.3 is 0 Å². The molecule has 1 N–H and O–H groups in total. The number of thiazole rings is 1. The average Bonchev–Trinajstić information content (AvgIpc) is 3.24. The Balaban J connectivity index is 1.62. The van der Waals surface area contributed by atoms with Crippen LogP contribution in [0.1, 0.15) is 36.2 Å². The van der Waals surface area contributed by atoms with E-state index in [1.54, 1.807) is 29.9 Å². The normalized spacial score (nSPS) is 11.1. The fraction of sp³-hybridized carbons (Fsp3) is 0.294. The van der Waals surface area contributed by atoms with E-state index >= 15 is 0 Å². The molecule has 9 heteroatoms. The second-order valence-electron chi connectivity index (χ2n) is 5.92. The van der Waals surface area contributed by atoms with Gasteiger partial charge in [-0.15, -0.1) is 21.5 Å². The molecule has 26 heavy (non-hydrogen) atoms. The van der Waals surface area contributed by atoms with Gasteiger partial charge in [-0.25, -0.2) is 4.98 Å². The summed E-state index contributed by atoms with van der Waals surface area (Å²) in [4.78, 5) is 16.7. The number of carbonyl (C=O) groups is 1. The number of nitrogens with one attached hydrogen (secondary N) is 1. The summed E-state index contributed by atoms with van der Waals surface area (Å²) in [6.45, 7) is 4.58. The van der Waals surface area contributed by atoms with Crippen LogP contribution in [0.5, 0.6) is 0 Å². The molecule has 0 saturated carbocycles. The maximum atomic E-state index is 12.3. The maximum absolute atomic E-state index is 12.3. The number of benzene rings is 1. The Hall–Kier alpha value is -1.96. The van der Waals surface area contributed by atoms with E-state index in [0.29, 0.717) is 33.7 Å². The molecule has 0 aliphatic rings. The van der Waals surface area contributed by atoms with E-state index in [-0.39, 0.29) is 11.9 Å². The molecule has 1 aromatic carbocycles. The zero-order valence-corrected chi connectivity index (χ0v) is 16.6. The Morgan fingerprint density at radius 3 is 2.88 bits per heavy atom. The highest BCUT2D eigenvalue weighted by Crippen LogP contribution is 2.32. The fourth-order valence-electron chi connectivity index (χ4n) is 2.42. The Morgan fingerprint density at radius 2 is 2.15 bits per heavy atom. The fourth-order valence-corrected chi connectivity index (χ4v) is 3.81. The van der Waals surface area contributed by atoms with Crippen molar-refractivity contribution >= 4 is 40.4 Å². The number of nitrogens with zero attached hydrogens (tertiary/aromatic N) is 4. The second kappa shape index (κ2) is 8.16. The molecule has 0 aliphatic carbocycles. The Labute approximate surface area is 165 Å². The summed E-state index contributed by atoms with van der Waals surface area (Å²) in [6, 6.07) is 5.48. The molecular formula is C17H17Cl2N5OS. The molecule has 0 bridgehead atoms. The van der Waals surface area contributed by atoms with Crippen LogP contribution >= 0.6 is 34.5 Å². The molecule has 3 rings (SSSR count). The molecule has 136 valence electrons. The zero-order valence-electron chi connectivity index (χ0n) is 14.2. The first kappa shape index (κ1) is 18.8. The first-order chi connectivity index (χ1) is 12.5. The van der Waals surface area contributed by atoms with Crippen LogP contribution in [-0.4, -0.2) is 32.2 Å². The predicted octanol–water partition coefficient (Wildman–Crippen LogP) is 4.26. The van der Waals surface area contributed by atoms with Crippen molar-refractivity contribution in [1.29, 1.82) is 0 Å². The standard InChI is InChI=1S/C17H17Cl2N5OS/c1-10(2)24-9-21-23-15(24)5-6-20-16(25)14-8-26-17(22-14)12-4-3-11(18)7-13(12)19/h3-4,7-10H,5-6H2,1-2H3,(H,20,25). The van der Waals surface area contributed by atoms with E-state index < -0.39 is 0 Å². The highest BCUT2D eigenvalue weighted by molar-refractivity contribution is 7.13. The molecule has 0 aliphatic heterocycles. The summed E-state index contributed by atoms with van der Waals surface area (Å²) in [6.07, 6.45) is 2.30. The van der Waals surface area contributed by atoms with Gasteiger partial charge in [0, 0.05) is 35.0 Å². The van der Waals surface area contributed by atoms with Crippen molar-refractivity contribution in [2.75, 3.05) is 6.54 Å². The van der Waals surface area contributed by atoms with Crippen molar-refractivity contribution in [2.24, 2.45) is 0 Å². The third-order valence-electron chi connectivity index (χ3n) is 3.74. The van der Waals surface area contributed by atoms with Crippen LogP contribution in [-0.2, 0) is 6.42 Å². The van der Waals surface area contributed by atoms with Crippen LogP contribution in [0.15, 0.2) is 29.9 Å². The summed E-state index contributed by atoms with van der Waals surface area (Å²) in [5.41, 5.74) is 1.12. The number of amides is 1. The number of hydrogen-bond donors (Lipinski definition) is 1. The van der Waals surface area contributed by atoms with E-state index in [2.05, 4.69) is 34.3 Å². The third-order valence-corrected chi connectivity index (χ3v) is 5.16. The quantitative estimate of drug-likeness (QED) is 0.659. The first-order valence-corrected chi connectivity index (χ1v) is 9.67. The van der Waals surface area contributed by atoms with Gasteiger partial charge < -0.3 is 9.88 Å². The minimum Gasteiger partial charge on any atom is -0.350 e. The lowest BCUT2D eigenvalue weighted by atomic mass is 10.2. The highest BCUT2D eigenvalue weighted by Gasteiger charge is 2.14. The summed E-state index contributed by atoms with van der Waals surface area (Å²) in [7, 11) is 0. The molecule has 0 unspecified atom stereocenters. The van der Waals surface area contributed by atoms with Crippen LogP contribution in [0, 0.1) is 0 Å². The van der Waals surface area contributed by atoms with Crippen molar-refractivity contribution in [3.05, 3.63) is 51.5 Å². The van der Waals surface area contributed by atoms with E-state index in [4.69, 9.17) is 23.2 Å². The lowest BCUT2D eigenvalue weighted by Gasteiger charge is -2.10. The minimum absolute atomic E-state index is 0.229. The molecule has 6 nitrogen and oxygen atoms in total. The van der Waals surface area contributed by atoms with E-state index in [1.807, 2.05) is 4.57 Å². The number of halogens is 2. The van der Waals surface area contributed by atoms with Crippen LogP contribution < -0.4 is 5.32 Å². The van der Waals surface area contributed by atoms with E-state index in [0.717, 1.165) is 11.4 Å². The second-order valence-corrected chi connectivity index (χ2v) is 7.62. The van der Waals surface area contributed by atoms with Gasteiger partial charge in [-0.2, -0.15) is 0 Å². The summed E-state index contributed by atoms with van der Waals surface area (Å²) >= 11 is 13.5. The van der Waals surface area contributed by atoms with Crippen molar-refractivity contribution in [3.8, 4) is 10.6 Å². The Morgan fingerprint density at radius 1 is 1.35 bits per heavy atom. The largest absolute Gasteiger partial charge is 0.350 e. The van der Waals surface area contributed by atoms with E-state index in [9.17, 15) is 4.79 Å². The van der Waals surface area contributed by atoms with Gasteiger partial charge in [-0.05, 0) is 32.0 Å². The molecule has 3 aromatic rings. The van der Waals surface area contributed by atoms with Gasteiger partial charge in [0.2, 0.25) is 0 Å². The van der Waals surface area contributed by atoms with Crippen molar-refractivity contribution in [1.82, 2.24) is 25.1 Å². The van der Waals surface area contributed by atoms with Gasteiger partial charge in [0.25, 0.3) is 5.91 Å². The van der Waals surface area contributed by atoms with Crippen molar-refractivity contribution < 1.29 is 4.79 Å². The number of rotatable bonds is 6. The molecule has 0 saturated heterocycles. The van der Waals surface area contributed by atoms with Gasteiger partial charge in [-0.1, -0.05) is 23.2 Å². The molecule has 1 amide bonds. The molecule has 0 radical (unpaired) electrons. The van der Waals surface area contributed by atoms with Gasteiger partial charge in [-0.3, -0.25) is 4.79 Å². The highest BCUT2D eigenvalue weighted by atomic mass is 35.5. The van der Waals surface area contributed by atoms with Crippen molar-refractivity contribution in [3.63, 3.8) is 0 Å². The van der Waals surface area contributed by atoms with Crippen LogP contribution in [0.25, 0.3) is 10.6 Å². The number of carbonyl (C=O) groups excluding carboxylic acids is 1. The number of hydrogen-bond acceptors (Lipinski definition) is 5. The van der Waals surface area contributed by atoms with Crippen LogP contribution in [0.4, 0.5) is 0 Å². The zero-order chi connectivity index (χ0) is 18.7.